The first-order chi connectivity index (χ1) is 13.6. The normalized spacial score (nSPS) is 10.8. The fourth-order valence-electron chi connectivity index (χ4n) is 2.38. The Hall–Kier alpha value is -2.09. The van der Waals surface area contributed by atoms with E-state index in [0.717, 1.165) is 27.4 Å². The number of hydrogen-bond acceptors (Lipinski definition) is 6. The Balaban J connectivity index is 1.58. The van der Waals surface area contributed by atoms with Gasteiger partial charge in [-0.2, -0.15) is 0 Å². The van der Waals surface area contributed by atoms with Crippen LogP contribution >= 0.6 is 34.7 Å². The minimum atomic E-state index is -0.488. The van der Waals surface area contributed by atoms with E-state index in [-0.39, 0.29) is 17.2 Å². The molecule has 0 bridgehead atoms. The molecule has 0 radical (unpaired) electrons. The van der Waals surface area contributed by atoms with Crippen LogP contribution in [0.1, 0.15) is 30.1 Å². The summed E-state index contributed by atoms with van der Waals surface area (Å²) in [6, 6.07) is 12.6. The van der Waals surface area contributed by atoms with Crippen LogP contribution in [0.2, 0.25) is 5.02 Å². The van der Waals surface area contributed by atoms with Crippen molar-refractivity contribution in [1.82, 2.24) is 4.98 Å². The van der Waals surface area contributed by atoms with Gasteiger partial charge >= 0.3 is 5.97 Å². The molecule has 0 aliphatic rings. The number of hydrogen-bond donors (Lipinski definition) is 1. The van der Waals surface area contributed by atoms with Gasteiger partial charge in [0.1, 0.15) is 0 Å². The Morgan fingerprint density at radius 3 is 2.86 bits per heavy atom. The molecule has 3 aromatic rings. The first-order valence-electron chi connectivity index (χ1n) is 8.81. The number of para-hydroxylation sites is 1. The summed E-state index contributed by atoms with van der Waals surface area (Å²) in [5, 5.41) is 3.08. The number of carbonyl (C=O) groups is 2. The van der Waals surface area contributed by atoms with Crippen molar-refractivity contribution in [2.75, 3.05) is 17.7 Å². The summed E-state index contributed by atoms with van der Waals surface area (Å²) in [4.78, 5) is 28.9. The second-order valence-corrected chi connectivity index (χ2v) is 8.63. The van der Waals surface area contributed by atoms with Crippen molar-refractivity contribution < 1.29 is 14.3 Å². The fourth-order valence-corrected chi connectivity index (χ4v) is 4.45. The number of ether oxygens (including phenoxy) is 1. The summed E-state index contributed by atoms with van der Waals surface area (Å²) in [6.07, 6.45) is 1.73. The van der Waals surface area contributed by atoms with Crippen LogP contribution < -0.4 is 5.32 Å². The van der Waals surface area contributed by atoms with Crippen molar-refractivity contribution >= 4 is 62.5 Å². The van der Waals surface area contributed by atoms with Gasteiger partial charge in [-0.1, -0.05) is 48.8 Å². The number of fused-ring (bicyclic) bond motifs is 1. The minimum absolute atomic E-state index is 0.183. The molecule has 1 heterocycles. The number of benzene rings is 2. The topological polar surface area (TPSA) is 68.3 Å². The predicted octanol–water partition coefficient (Wildman–Crippen LogP) is 5.64. The standard InChI is InChI=1S/C20H19ClN2O3S2/c1-2-3-10-26-19(25)14-11-13(8-9-15(14)21)22-18(24)12-27-20-23-16-6-4-5-7-17(16)28-20/h4-9,11H,2-3,10,12H2,1H3,(H,22,24). The first-order valence-corrected chi connectivity index (χ1v) is 11.0. The van der Waals surface area contributed by atoms with E-state index in [9.17, 15) is 9.59 Å². The Kier molecular flexibility index (Phi) is 7.30. The zero-order chi connectivity index (χ0) is 19.9. The van der Waals surface area contributed by atoms with Crippen molar-refractivity contribution in [1.29, 1.82) is 0 Å². The summed E-state index contributed by atoms with van der Waals surface area (Å²) in [5.74, 6) is -0.450. The molecule has 0 aliphatic heterocycles. The molecular formula is C20H19ClN2O3S2. The smallest absolute Gasteiger partial charge is 0.339 e. The number of nitrogens with one attached hydrogen (secondary N) is 1. The first kappa shape index (κ1) is 20.6. The van der Waals surface area contributed by atoms with E-state index in [2.05, 4.69) is 10.3 Å². The summed E-state index contributed by atoms with van der Waals surface area (Å²) < 4.78 is 7.13. The van der Waals surface area contributed by atoms with Crippen molar-refractivity contribution in [2.45, 2.75) is 24.1 Å². The van der Waals surface area contributed by atoms with Crippen LogP contribution in [0.25, 0.3) is 10.2 Å². The van der Waals surface area contributed by atoms with E-state index in [1.807, 2.05) is 31.2 Å². The second kappa shape index (κ2) is 9.91. The zero-order valence-corrected chi connectivity index (χ0v) is 17.6. The Morgan fingerprint density at radius 2 is 2.07 bits per heavy atom. The van der Waals surface area contributed by atoms with Gasteiger partial charge in [0, 0.05) is 5.69 Å². The van der Waals surface area contributed by atoms with E-state index in [1.54, 1.807) is 23.5 Å². The highest BCUT2D eigenvalue weighted by Crippen LogP contribution is 2.29. The number of rotatable bonds is 8. The molecule has 0 aliphatic carbocycles. The number of halogens is 1. The quantitative estimate of drug-likeness (QED) is 0.282. The van der Waals surface area contributed by atoms with Crippen LogP contribution in [0.3, 0.4) is 0 Å². The third-order valence-electron chi connectivity index (χ3n) is 3.80. The molecule has 0 saturated carbocycles. The number of anilines is 1. The van der Waals surface area contributed by atoms with Crippen LogP contribution in [0, 0.1) is 0 Å². The number of nitrogens with zero attached hydrogens (tertiary/aromatic N) is 1. The fraction of sp³-hybridized carbons (Fsp3) is 0.250. The molecule has 0 saturated heterocycles. The van der Waals surface area contributed by atoms with Crippen molar-refractivity contribution in [2.24, 2.45) is 0 Å². The maximum absolute atomic E-state index is 12.3. The number of aromatic nitrogens is 1. The lowest BCUT2D eigenvalue weighted by Crippen LogP contribution is -2.15. The lowest BCUT2D eigenvalue weighted by Gasteiger charge is -2.09. The highest BCUT2D eigenvalue weighted by molar-refractivity contribution is 8.01. The molecule has 0 unspecified atom stereocenters. The molecule has 1 N–H and O–H groups in total. The van der Waals surface area contributed by atoms with E-state index >= 15 is 0 Å². The lowest BCUT2D eigenvalue weighted by molar-refractivity contribution is -0.113. The maximum Gasteiger partial charge on any atom is 0.339 e. The number of esters is 1. The van der Waals surface area contributed by atoms with Gasteiger partial charge in [-0.3, -0.25) is 4.79 Å². The Morgan fingerprint density at radius 1 is 1.25 bits per heavy atom. The second-order valence-electron chi connectivity index (χ2n) is 5.97. The van der Waals surface area contributed by atoms with Gasteiger partial charge in [-0.15, -0.1) is 11.3 Å². The molecular weight excluding hydrogens is 416 g/mol. The highest BCUT2D eigenvalue weighted by Gasteiger charge is 2.14. The molecule has 5 nitrogen and oxygen atoms in total. The number of thioether (sulfide) groups is 1. The summed E-state index contributed by atoms with van der Waals surface area (Å²) >= 11 is 9.03. The molecule has 146 valence electrons. The third kappa shape index (κ3) is 5.47. The van der Waals surface area contributed by atoms with Crippen LogP contribution in [-0.4, -0.2) is 29.2 Å². The zero-order valence-electron chi connectivity index (χ0n) is 15.2. The largest absolute Gasteiger partial charge is 0.462 e. The molecule has 8 heteroatoms. The van der Waals surface area contributed by atoms with Crippen LogP contribution in [0.4, 0.5) is 5.69 Å². The van der Waals surface area contributed by atoms with Gasteiger partial charge in [0.2, 0.25) is 5.91 Å². The summed E-state index contributed by atoms with van der Waals surface area (Å²) in [5.41, 5.74) is 1.68. The number of unbranched alkanes of at least 4 members (excludes halogenated alkanes) is 1. The van der Waals surface area contributed by atoms with Gasteiger partial charge in [-0.05, 0) is 36.8 Å². The van der Waals surface area contributed by atoms with Gasteiger partial charge < -0.3 is 10.1 Å². The average Bonchev–Trinajstić information content (AvgIpc) is 3.11. The van der Waals surface area contributed by atoms with Gasteiger partial charge in [-0.25, -0.2) is 9.78 Å². The molecule has 3 rings (SSSR count). The van der Waals surface area contributed by atoms with Gasteiger partial charge in [0.05, 0.1) is 33.2 Å². The highest BCUT2D eigenvalue weighted by atomic mass is 35.5. The van der Waals surface area contributed by atoms with E-state index in [4.69, 9.17) is 16.3 Å². The Labute approximate surface area is 176 Å². The van der Waals surface area contributed by atoms with Crippen molar-refractivity contribution in [3.63, 3.8) is 0 Å². The predicted molar refractivity (Wildman–Crippen MR) is 116 cm³/mol. The molecule has 0 spiro atoms. The van der Waals surface area contributed by atoms with Crippen LogP contribution in [-0.2, 0) is 9.53 Å². The molecule has 1 aromatic heterocycles. The van der Waals surface area contributed by atoms with Gasteiger partial charge in [0.15, 0.2) is 4.34 Å². The van der Waals surface area contributed by atoms with E-state index in [1.165, 1.54) is 17.8 Å². The Bertz CT molecular complexity index is 957. The molecule has 2 aromatic carbocycles. The molecule has 1 amide bonds. The summed E-state index contributed by atoms with van der Waals surface area (Å²) in [7, 11) is 0. The monoisotopic (exact) mass is 434 g/mol. The maximum atomic E-state index is 12.3. The number of carbonyl (C=O) groups excluding carboxylic acids is 2. The van der Waals surface area contributed by atoms with E-state index in [0.29, 0.717) is 17.3 Å². The van der Waals surface area contributed by atoms with Crippen LogP contribution in [0.15, 0.2) is 46.8 Å². The number of amides is 1. The molecule has 0 fully saturated rings. The van der Waals surface area contributed by atoms with Crippen LogP contribution in [0.5, 0.6) is 0 Å². The third-order valence-corrected chi connectivity index (χ3v) is 6.31. The molecule has 28 heavy (non-hydrogen) atoms. The number of thiazole rings is 1. The lowest BCUT2D eigenvalue weighted by atomic mass is 10.2. The van der Waals surface area contributed by atoms with Crippen molar-refractivity contribution in [3.8, 4) is 0 Å². The van der Waals surface area contributed by atoms with E-state index < -0.39 is 5.97 Å². The van der Waals surface area contributed by atoms with Gasteiger partial charge in [0.25, 0.3) is 0 Å². The summed E-state index contributed by atoms with van der Waals surface area (Å²) in [6.45, 7) is 2.37. The average molecular weight is 435 g/mol. The minimum Gasteiger partial charge on any atom is -0.462 e. The SMILES string of the molecule is CCCCOC(=O)c1cc(NC(=O)CSc2nc3ccccc3s2)ccc1Cl. The molecule has 0 atom stereocenters. The van der Waals surface area contributed by atoms with Crippen molar-refractivity contribution in [3.05, 3.63) is 53.1 Å².